The van der Waals surface area contributed by atoms with Crippen LogP contribution in [0.4, 0.5) is 0 Å². The number of methoxy groups -OCH3 is 1. The third-order valence-electron chi connectivity index (χ3n) is 3.19. The lowest BCUT2D eigenvalue weighted by molar-refractivity contribution is 0.0662. The van der Waals surface area contributed by atoms with Crippen LogP contribution in [0.3, 0.4) is 0 Å². The number of hydrogen-bond donors (Lipinski definition) is 0. The van der Waals surface area contributed by atoms with Gasteiger partial charge in [-0.25, -0.2) is 0 Å². The van der Waals surface area contributed by atoms with Gasteiger partial charge in [-0.1, -0.05) is 43.4 Å². The Hall–Kier alpha value is -0.860. The third kappa shape index (κ3) is 5.85. The molecule has 0 aromatic carbocycles. The van der Waals surface area contributed by atoms with Gasteiger partial charge in [-0.3, -0.25) is 4.90 Å². The fraction of sp³-hybridized carbons (Fsp3) is 0.600. The molecule has 0 radical (unpaired) electrons. The largest absolute Gasteiger partial charge is 0.383 e. The van der Waals surface area contributed by atoms with Crippen LogP contribution in [0.2, 0.25) is 0 Å². The van der Waals surface area contributed by atoms with E-state index in [-0.39, 0.29) is 0 Å². The van der Waals surface area contributed by atoms with E-state index >= 15 is 0 Å². The van der Waals surface area contributed by atoms with Crippen LogP contribution in [0.1, 0.15) is 25.7 Å². The van der Waals surface area contributed by atoms with E-state index in [9.17, 15) is 0 Å². The van der Waals surface area contributed by atoms with Gasteiger partial charge in [0.2, 0.25) is 0 Å². The first kappa shape index (κ1) is 14.2. The van der Waals surface area contributed by atoms with Crippen LogP contribution in [0.25, 0.3) is 0 Å². The molecule has 17 heavy (non-hydrogen) atoms. The summed E-state index contributed by atoms with van der Waals surface area (Å²) in [6, 6.07) is 0.630. The molecule has 96 valence electrons. The second-order valence-electron chi connectivity index (χ2n) is 4.48. The predicted molar refractivity (Wildman–Crippen MR) is 74.2 cm³/mol. The normalized spacial score (nSPS) is 22.5. The molecule has 0 bridgehead atoms. The van der Waals surface area contributed by atoms with Crippen LogP contribution in [0, 0.1) is 0 Å². The zero-order chi connectivity index (χ0) is 12.3. The second kappa shape index (κ2) is 9.20. The lowest BCUT2D eigenvalue weighted by atomic mass is 10.0. The summed E-state index contributed by atoms with van der Waals surface area (Å²) in [6.45, 7) is 6.89. The third-order valence-corrected chi connectivity index (χ3v) is 3.19. The molecule has 0 amide bonds. The van der Waals surface area contributed by atoms with Crippen LogP contribution in [-0.2, 0) is 4.74 Å². The van der Waals surface area contributed by atoms with Crippen molar-refractivity contribution in [1.82, 2.24) is 4.90 Å². The zero-order valence-corrected chi connectivity index (χ0v) is 11.0. The van der Waals surface area contributed by atoms with Gasteiger partial charge in [0, 0.05) is 19.7 Å². The Morgan fingerprint density at radius 3 is 2.94 bits per heavy atom. The molecule has 1 rings (SSSR count). The van der Waals surface area contributed by atoms with Crippen molar-refractivity contribution in [1.29, 1.82) is 0 Å². The van der Waals surface area contributed by atoms with Gasteiger partial charge in [0.25, 0.3) is 0 Å². The summed E-state index contributed by atoms with van der Waals surface area (Å²) in [7, 11) is 1.80. The minimum Gasteiger partial charge on any atom is -0.383 e. The Balaban J connectivity index is 2.25. The maximum absolute atomic E-state index is 5.29. The molecule has 0 aromatic heterocycles. The van der Waals surface area contributed by atoms with Crippen LogP contribution < -0.4 is 0 Å². The molecular formula is C15H25NO. The maximum Gasteiger partial charge on any atom is 0.0618 e. The van der Waals surface area contributed by atoms with E-state index in [0.717, 1.165) is 19.6 Å². The van der Waals surface area contributed by atoms with Crippen LogP contribution >= 0.6 is 0 Å². The number of piperidine rings is 1. The van der Waals surface area contributed by atoms with Crippen molar-refractivity contribution in [3.63, 3.8) is 0 Å². The smallest absolute Gasteiger partial charge is 0.0618 e. The van der Waals surface area contributed by atoms with Crippen molar-refractivity contribution in [2.24, 2.45) is 0 Å². The van der Waals surface area contributed by atoms with Gasteiger partial charge in [-0.15, -0.1) is 0 Å². The number of ether oxygens (including phenoxy) is 1. The van der Waals surface area contributed by atoms with E-state index in [1.165, 1.54) is 25.8 Å². The topological polar surface area (TPSA) is 12.5 Å². The van der Waals surface area contributed by atoms with Crippen molar-refractivity contribution >= 4 is 0 Å². The molecule has 0 N–H and O–H groups in total. The van der Waals surface area contributed by atoms with Gasteiger partial charge in [0.1, 0.15) is 0 Å². The fourth-order valence-electron chi connectivity index (χ4n) is 2.29. The number of likely N-dealkylation sites (tertiary alicyclic amines) is 1. The first-order valence-corrected chi connectivity index (χ1v) is 6.55. The molecule has 2 heteroatoms. The Kier molecular flexibility index (Phi) is 7.69. The Morgan fingerprint density at radius 2 is 2.18 bits per heavy atom. The molecule has 0 aromatic rings. The zero-order valence-electron chi connectivity index (χ0n) is 11.0. The summed E-state index contributed by atoms with van der Waals surface area (Å²) in [5.41, 5.74) is 0. The standard InChI is InChI=1S/C15H25NO/c1-3-4-5-6-7-9-12-16-13-10-8-11-15(16)14-17-2/h3-7,15H,1,8-14H2,2H3/b5-4-,7-6-. The average Bonchev–Trinajstić information content (AvgIpc) is 2.36. The van der Waals surface area contributed by atoms with E-state index in [1.54, 1.807) is 13.2 Å². The van der Waals surface area contributed by atoms with E-state index in [2.05, 4.69) is 23.6 Å². The highest BCUT2D eigenvalue weighted by molar-refractivity contribution is 5.08. The number of allylic oxidation sites excluding steroid dienone is 4. The Labute approximate surface area is 106 Å². The quantitative estimate of drug-likeness (QED) is 0.628. The monoisotopic (exact) mass is 235 g/mol. The van der Waals surface area contributed by atoms with Gasteiger partial charge < -0.3 is 4.74 Å². The van der Waals surface area contributed by atoms with Gasteiger partial charge >= 0.3 is 0 Å². The lowest BCUT2D eigenvalue weighted by Crippen LogP contribution is -2.42. The molecule has 0 aliphatic carbocycles. The number of rotatable bonds is 7. The van der Waals surface area contributed by atoms with Crippen LogP contribution in [0.15, 0.2) is 37.0 Å². The molecular weight excluding hydrogens is 210 g/mol. The van der Waals surface area contributed by atoms with Crippen molar-refractivity contribution in [2.75, 3.05) is 26.8 Å². The summed E-state index contributed by atoms with van der Waals surface area (Å²) < 4.78 is 5.29. The molecule has 2 nitrogen and oxygen atoms in total. The molecule has 1 fully saturated rings. The van der Waals surface area contributed by atoms with Crippen molar-refractivity contribution < 1.29 is 4.74 Å². The maximum atomic E-state index is 5.29. The van der Waals surface area contributed by atoms with Gasteiger partial charge in [-0.05, 0) is 25.8 Å². The Morgan fingerprint density at radius 1 is 1.29 bits per heavy atom. The van der Waals surface area contributed by atoms with Gasteiger partial charge in [-0.2, -0.15) is 0 Å². The van der Waals surface area contributed by atoms with Crippen LogP contribution in [0.5, 0.6) is 0 Å². The minimum absolute atomic E-state index is 0.630. The molecule has 1 atom stereocenters. The molecule has 0 spiro atoms. The summed E-state index contributed by atoms with van der Waals surface area (Å²) >= 11 is 0. The minimum atomic E-state index is 0.630. The van der Waals surface area contributed by atoms with E-state index in [4.69, 9.17) is 4.74 Å². The molecule has 0 saturated carbocycles. The first-order valence-electron chi connectivity index (χ1n) is 6.55. The van der Waals surface area contributed by atoms with Crippen molar-refractivity contribution in [3.05, 3.63) is 37.0 Å². The highest BCUT2D eigenvalue weighted by atomic mass is 16.5. The molecule has 1 heterocycles. The molecule has 1 aliphatic rings. The van der Waals surface area contributed by atoms with Gasteiger partial charge in [0.05, 0.1) is 6.61 Å². The lowest BCUT2D eigenvalue weighted by Gasteiger charge is -2.35. The second-order valence-corrected chi connectivity index (χ2v) is 4.48. The van der Waals surface area contributed by atoms with E-state index < -0.39 is 0 Å². The molecule has 1 aliphatic heterocycles. The van der Waals surface area contributed by atoms with Gasteiger partial charge in [0.15, 0.2) is 0 Å². The van der Waals surface area contributed by atoms with Crippen molar-refractivity contribution in [2.45, 2.75) is 31.7 Å². The number of nitrogens with zero attached hydrogens (tertiary/aromatic N) is 1. The highest BCUT2D eigenvalue weighted by Gasteiger charge is 2.20. The summed E-state index contributed by atoms with van der Waals surface area (Å²) in [5.74, 6) is 0. The summed E-state index contributed by atoms with van der Waals surface area (Å²) in [5, 5.41) is 0. The highest BCUT2D eigenvalue weighted by Crippen LogP contribution is 2.17. The average molecular weight is 235 g/mol. The SMILES string of the molecule is C=C/C=C\C=C/CCN1CCCCC1COC. The van der Waals surface area contributed by atoms with E-state index in [1.807, 2.05) is 12.2 Å². The summed E-state index contributed by atoms with van der Waals surface area (Å²) in [4.78, 5) is 2.56. The number of hydrogen-bond acceptors (Lipinski definition) is 2. The predicted octanol–water partition coefficient (Wildman–Crippen LogP) is 3.18. The fourth-order valence-corrected chi connectivity index (χ4v) is 2.29. The molecule has 1 saturated heterocycles. The van der Waals surface area contributed by atoms with Crippen molar-refractivity contribution in [3.8, 4) is 0 Å². The summed E-state index contributed by atoms with van der Waals surface area (Å²) in [6.07, 6.45) is 15.2. The Bertz CT molecular complexity index is 256. The van der Waals surface area contributed by atoms with E-state index in [0.29, 0.717) is 6.04 Å². The van der Waals surface area contributed by atoms with Crippen LogP contribution in [-0.4, -0.2) is 37.7 Å². The molecule has 1 unspecified atom stereocenters. The first-order chi connectivity index (χ1) is 8.38.